The number of nitrogens with zero attached hydrogens (tertiary/aromatic N) is 2. The molecule has 0 aromatic carbocycles. The van der Waals surface area contributed by atoms with E-state index >= 15 is 0 Å². The minimum absolute atomic E-state index is 0.389. The first kappa shape index (κ1) is 32.6. The summed E-state index contributed by atoms with van der Waals surface area (Å²) in [6.45, 7) is 9.19. The summed E-state index contributed by atoms with van der Waals surface area (Å²) in [4.78, 5) is 2.00. The Balaban J connectivity index is -0.0000000478. The van der Waals surface area contributed by atoms with Gasteiger partial charge in [-0.25, -0.2) is 0 Å². The van der Waals surface area contributed by atoms with Crippen LogP contribution in [0.1, 0.15) is 0 Å². The normalized spacial score (nSPS) is 9.60. The Hall–Kier alpha value is 0.660. The Bertz CT molecular complexity index is 112. The SMILES string of the molecule is CN(C)C.CNC.CSC.C[N+](C)(C)C.C[P+](C)(C)C. The Morgan fingerprint density at radius 2 is 0.800 bits per heavy atom. The van der Waals surface area contributed by atoms with Gasteiger partial charge in [0.15, 0.2) is 0 Å². The molecule has 0 radical (unpaired) electrons. The molecule has 0 bridgehead atoms. The van der Waals surface area contributed by atoms with E-state index in [0.29, 0.717) is 0 Å². The van der Waals surface area contributed by atoms with Gasteiger partial charge in [0.05, 0.1) is 28.2 Å². The van der Waals surface area contributed by atoms with Crippen LogP contribution < -0.4 is 5.32 Å². The topological polar surface area (TPSA) is 15.3 Å². The van der Waals surface area contributed by atoms with E-state index in [1.165, 1.54) is 0 Å². The maximum absolute atomic E-state index is 2.75. The fraction of sp³-hybridized carbons (Fsp3) is 1.00. The van der Waals surface area contributed by atoms with Gasteiger partial charge in [-0.1, -0.05) is 0 Å². The van der Waals surface area contributed by atoms with Crippen molar-refractivity contribution in [2.75, 3.05) is 103 Å². The first-order valence-corrected chi connectivity index (χ1v) is 11.9. The summed E-state index contributed by atoms with van der Waals surface area (Å²) in [5, 5.41) is 2.75. The zero-order chi connectivity index (χ0) is 18.0. The summed E-state index contributed by atoms with van der Waals surface area (Å²) in [5.74, 6) is 0. The first-order valence-electron chi connectivity index (χ1n) is 6.74. The van der Waals surface area contributed by atoms with Crippen molar-refractivity contribution in [1.29, 1.82) is 0 Å². The lowest BCUT2D eigenvalue weighted by Crippen LogP contribution is -2.27. The number of nitrogens with one attached hydrogen (secondary N) is 1. The van der Waals surface area contributed by atoms with Crippen molar-refractivity contribution in [1.82, 2.24) is 10.2 Å². The molecule has 0 aliphatic heterocycles. The van der Waals surface area contributed by atoms with Crippen LogP contribution in [0.5, 0.6) is 0 Å². The summed E-state index contributed by atoms with van der Waals surface area (Å²) in [6, 6.07) is 0. The Morgan fingerprint density at radius 1 is 0.800 bits per heavy atom. The van der Waals surface area contributed by atoms with Gasteiger partial charge in [0.2, 0.25) is 0 Å². The summed E-state index contributed by atoms with van der Waals surface area (Å²) in [5.41, 5.74) is 0. The molecule has 0 spiro atoms. The molecule has 0 aliphatic rings. The van der Waals surface area contributed by atoms with Gasteiger partial charge in [0.1, 0.15) is 0 Å². The number of thioether (sulfide) groups is 1. The van der Waals surface area contributed by atoms with Gasteiger partial charge in [-0.2, -0.15) is 11.8 Å². The van der Waals surface area contributed by atoms with E-state index < -0.39 is 0 Å². The summed E-state index contributed by atoms with van der Waals surface area (Å²) < 4.78 is 1.00. The quantitative estimate of drug-likeness (QED) is 0.543. The van der Waals surface area contributed by atoms with Crippen LogP contribution in [0, 0.1) is 0 Å². The average molecular weight is 332 g/mol. The highest BCUT2D eigenvalue weighted by Crippen LogP contribution is 2.40. The maximum atomic E-state index is 2.75. The lowest BCUT2D eigenvalue weighted by Gasteiger charge is -2.14. The van der Waals surface area contributed by atoms with Crippen LogP contribution in [0.4, 0.5) is 0 Å². The third kappa shape index (κ3) is 13400. The Labute approximate surface area is 136 Å². The monoisotopic (exact) mass is 331 g/mol. The molecule has 0 saturated carbocycles. The highest BCUT2D eigenvalue weighted by Gasteiger charge is 2.03. The second kappa shape index (κ2) is 21.9. The lowest BCUT2D eigenvalue weighted by molar-refractivity contribution is -0.849. The van der Waals surface area contributed by atoms with Gasteiger partial charge < -0.3 is 14.7 Å². The molecule has 0 unspecified atom stereocenters. The zero-order valence-electron chi connectivity index (χ0n) is 17.2. The van der Waals surface area contributed by atoms with Crippen molar-refractivity contribution in [2.24, 2.45) is 0 Å². The first-order chi connectivity index (χ1) is 8.56. The van der Waals surface area contributed by atoms with E-state index in [1.54, 1.807) is 11.8 Å². The van der Waals surface area contributed by atoms with E-state index in [9.17, 15) is 0 Å². The highest BCUT2D eigenvalue weighted by atomic mass is 32.2. The standard InChI is InChI=1S/C4H12N.C4H12P.C3H9N.C2H7N.C2H6S/c2*1-5(2,3)4;1-4(2)3;2*1-3-2/h2*1-4H3;1-3H3;3H,1-2H3;1-2H3/q2*+1;;;. The zero-order valence-corrected chi connectivity index (χ0v) is 19.0. The molecule has 130 valence electrons. The second-order valence-electron chi connectivity index (χ2n) is 7.62. The predicted molar refractivity (Wildman–Crippen MR) is 109 cm³/mol. The van der Waals surface area contributed by atoms with Crippen molar-refractivity contribution in [3.05, 3.63) is 0 Å². The van der Waals surface area contributed by atoms with Crippen LogP contribution in [0.3, 0.4) is 0 Å². The van der Waals surface area contributed by atoms with E-state index in [2.05, 4.69) is 60.2 Å². The molecular formula is C15H46N3PS+2. The van der Waals surface area contributed by atoms with Crippen molar-refractivity contribution < 1.29 is 4.48 Å². The summed E-state index contributed by atoms with van der Waals surface area (Å²) in [6.07, 6.45) is 4.08. The fourth-order valence-corrected chi connectivity index (χ4v) is 0. The highest BCUT2D eigenvalue weighted by molar-refractivity contribution is 7.97. The molecule has 0 aromatic heterocycles. The number of hydrogen-bond acceptors (Lipinski definition) is 3. The van der Waals surface area contributed by atoms with Crippen LogP contribution in [0.25, 0.3) is 0 Å². The van der Waals surface area contributed by atoms with Crippen LogP contribution in [0.15, 0.2) is 0 Å². The summed E-state index contributed by atoms with van der Waals surface area (Å²) in [7, 11) is 17.9. The van der Waals surface area contributed by atoms with Gasteiger partial charge >= 0.3 is 0 Å². The van der Waals surface area contributed by atoms with Crippen molar-refractivity contribution >= 4 is 19.0 Å². The maximum Gasteiger partial charge on any atom is 0.0675 e. The molecule has 0 atom stereocenters. The van der Waals surface area contributed by atoms with E-state index in [0.717, 1.165) is 4.48 Å². The van der Waals surface area contributed by atoms with Crippen LogP contribution in [0.2, 0.25) is 0 Å². The second-order valence-corrected chi connectivity index (χ2v) is 13.8. The molecular weight excluding hydrogens is 285 g/mol. The number of rotatable bonds is 0. The third-order valence-corrected chi connectivity index (χ3v) is 0. The van der Waals surface area contributed by atoms with Crippen LogP contribution in [-0.2, 0) is 0 Å². The van der Waals surface area contributed by atoms with Crippen molar-refractivity contribution in [3.63, 3.8) is 0 Å². The minimum atomic E-state index is -0.389. The van der Waals surface area contributed by atoms with E-state index in [-0.39, 0.29) is 7.26 Å². The number of hydrogen-bond donors (Lipinski definition) is 1. The summed E-state index contributed by atoms with van der Waals surface area (Å²) >= 11 is 1.75. The third-order valence-electron chi connectivity index (χ3n) is 0. The molecule has 20 heavy (non-hydrogen) atoms. The van der Waals surface area contributed by atoms with Crippen LogP contribution in [-0.4, -0.2) is 112 Å². The fourth-order valence-electron chi connectivity index (χ4n) is 0. The lowest BCUT2D eigenvalue weighted by atomic mass is 10.8. The van der Waals surface area contributed by atoms with Crippen LogP contribution >= 0.6 is 19.0 Å². The molecule has 0 aromatic rings. The molecule has 0 rings (SSSR count). The Morgan fingerprint density at radius 3 is 0.800 bits per heavy atom. The van der Waals surface area contributed by atoms with Crippen molar-refractivity contribution in [3.8, 4) is 0 Å². The average Bonchev–Trinajstić information content (AvgIpc) is 1.96. The van der Waals surface area contributed by atoms with Gasteiger partial charge in [-0.3, -0.25) is 0 Å². The van der Waals surface area contributed by atoms with Crippen molar-refractivity contribution in [2.45, 2.75) is 0 Å². The van der Waals surface area contributed by atoms with Gasteiger partial charge in [0, 0.05) is 33.9 Å². The molecule has 0 amide bonds. The smallest absolute Gasteiger partial charge is 0.0675 e. The molecule has 0 heterocycles. The Kier molecular flexibility index (Phi) is 35.7. The molecule has 5 heteroatoms. The molecule has 0 fully saturated rings. The van der Waals surface area contributed by atoms with Gasteiger partial charge in [-0.05, 0) is 47.7 Å². The molecule has 0 aliphatic carbocycles. The van der Waals surface area contributed by atoms with E-state index in [4.69, 9.17) is 0 Å². The van der Waals surface area contributed by atoms with Gasteiger partial charge in [-0.15, -0.1) is 0 Å². The predicted octanol–water partition coefficient (Wildman–Crippen LogP) is 2.84. The van der Waals surface area contributed by atoms with E-state index in [1.807, 2.05) is 52.6 Å². The number of quaternary nitrogens is 1. The molecule has 1 N–H and O–H groups in total. The molecule has 0 saturated heterocycles. The largest absolute Gasteiger partial charge is 0.333 e. The van der Waals surface area contributed by atoms with Gasteiger partial charge in [0.25, 0.3) is 0 Å². The minimum Gasteiger partial charge on any atom is -0.333 e. The molecule has 3 nitrogen and oxygen atoms in total.